The maximum absolute atomic E-state index is 5.72. The average molecular weight is 257 g/mol. The molecule has 2 N–H and O–H groups in total. The molecule has 0 bridgehead atoms. The summed E-state index contributed by atoms with van der Waals surface area (Å²) in [5, 5.41) is 0. The standard InChI is InChI=1S/C15H35N3/c1-15(2,3)14(9-10-16)8-7-11-18(6)13-12-17(4)5/h14H,7-13,16H2,1-6H3. The van der Waals surface area contributed by atoms with Crippen molar-refractivity contribution >= 4 is 0 Å². The molecule has 3 nitrogen and oxygen atoms in total. The lowest BCUT2D eigenvalue weighted by Crippen LogP contribution is -2.30. The van der Waals surface area contributed by atoms with E-state index in [0.29, 0.717) is 5.41 Å². The molecule has 0 aliphatic carbocycles. The van der Waals surface area contributed by atoms with E-state index in [1.165, 1.54) is 19.4 Å². The van der Waals surface area contributed by atoms with Crippen LogP contribution in [0.5, 0.6) is 0 Å². The first-order valence-corrected chi connectivity index (χ1v) is 7.30. The summed E-state index contributed by atoms with van der Waals surface area (Å²) in [6.07, 6.45) is 3.74. The van der Waals surface area contributed by atoms with Crippen molar-refractivity contribution in [2.24, 2.45) is 17.1 Å². The van der Waals surface area contributed by atoms with Gasteiger partial charge in [-0.05, 0) is 64.8 Å². The Morgan fingerprint density at radius 1 is 0.944 bits per heavy atom. The van der Waals surface area contributed by atoms with Crippen molar-refractivity contribution < 1.29 is 0 Å². The Kier molecular flexibility index (Phi) is 8.83. The highest BCUT2D eigenvalue weighted by atomic mass is 15.1. The van der Waals surface area contributed by atoms with Gasteiger partial charge in [-0.1, -0.05) is 20.8 Å². The van der Waals surface area contributed by atoms with Crippen molar-refractivity contribution in [3.8, 4) is 0 Å². The van der Waals surface area contributed by atoms with E-state index >= 15 is 0 Å². The van der Waals surface area contributed by atoms with Crippen LogP contribution in [0.2, 0.25) is 0 Å². The SMILES string of the molecule is CN(C)CCN(C)CCCC(CCN)C(C)(C)C. The smallest absolute Gasteiger partial charge is 0.0106 e. The van der Waals surface area contributed by atoms with Crippen molar-refractivity contribution in [2.75, 3.05) is 47.3 Å². The fraction of sp³-hybridized carbons (Fsp3) is 1.00. The Bertz CT molecular complexity index is 196. The largest absolute Gasteiger partial charge is 0.330 e. The number of hydrogen-bond acceptors (Lipinski definition) is 3. The Morgan fingerprint density at radius 3 is 2.00 bits per heavy atom. The number of likely N-dealkylation sites (N-methyl/N-ethyl adjacent to an activating group) is 2. The molecule has 0 radical (unpaired) electrons. The molecule has 0 aromatic rings. The molecule has 1 unspecified atom stereocenters. The van der Waals surface area contributed by atoms with Crippen molar-refractivity contribution in [1.82, 2.24) is 9.80 Å². The number of nitrogens with two attached hydrogens (primary N) is 1. The Morgan fingerprint density at radius 2 is 1.56 bits per heavy atom. The van der Waals surface area contributed by atoms with Gasteiger partial charge >= 0.3 is 0 Å². The van der Waals surface area contributed by atoms with E-state index in [0.717, 1.165) is 32.0 Å². The lowest BCUT2D eigenvalue weighted by molar-refractivity contribution is 0.197. The van der Waals surface area contributed by atoms with E-state index < -0.39 is 0 Å². The minimum absolute atomic E-state index is 0.390. The van der Waals surface area contributed by atoms with Gasteiger partial charge in [-0.25, -0.2) is 0 Å². The second-order valence-corrected chi connectivity index (χ2v) is 6.89. The van der Waals surface area contributed by atoms with Crippen LogP contribution in [-0.4, -0.2) is 57.1 Å². The van der Waals surface area contributed by atoms with Crippen LogP contribution in [0.15, 0.2) is 0 Å². The number of nitrogens with zero attached hydrogens (tertiary/aromatic N) is 2. The van der Waals surface area contributed by atoms with Crippen molar-refractivity contribution in [1.29, 1.82) is 0 Å². The molecular formula is C15H35N3. The summed E-state index contributed by atoms with van der Waals surface area (Å²) in [4.78, 5) is 4.67. The monoisotopic (exact) mass is 257 g/mol. The number of hydrogen-bond donors (Lipinski definition) is 1. The topological polar surface area (TPSA) is 32.5 Å². The van der Waals surface area contributed by atoms with Crippen LogP contribution >= 0.6 is 0 Å². The van der Waals surface area contributed by atoms with E-state index in [9.17, 15) is 0 Å². The van der Waals surface area contributed by atoms with Gasteiger partial charge < -0.3 is 15.5 Å². The van der Waals surface area contributed by atoms with E-state index in [-0.39, 0.29) is 0 Å². The number of rotatable bonds is 9. The summed E-state index contributed by atoms with van der Waals surface area (Å²) in [6.45, 7) is 11.3. The Hall–Kier alpha value is -0.120. The molecular weight excluding hydrogens is 222 g/mol. The lowest BCUT2D eigenvalue weighted by Gasteiger charge is -2.31. The van der Waals surface area contributed by atoms with Gasteiger partial charge in [-0.3, -0.25) is 0 Å². The van der Waals surface area contributed by atoms with Crippen molar-refractivity contribution in [3.05, 3.63) is 0 Å². The van der Waals surface area contributed by atoms with Gasteiger partial charge in [-0.2, -0.15) is 0 Å². The third kappa shape index (κ3) is 8.90. The minimum Gasteiger partial charge on any atom is -0.330 e. The lowest BCUT2D eigenvalue weighted by atomic mass is 9.76. The molecule has 0 aliphatic rings. The van der Waals surface area contributed by atoms with Crippen LogP contribution in [0, 0.1) is 11.3 Å². The zero-order valence-corrected chi connectivity index (χ0v) is 13.5. The molecule has 0 saturated heterocycles. The highest BCUT2D eigenvalue weighted by Crippen LogP contribution is 2.31. The molecule has 0 rings (SSSR count). The highest BCUT2D eigenvalue weighted by Gasteiger charge is 2.23. The molecule has 0 heterocycles. The first kappa shape index (κ1) is 17.9. The fourth-order valence-corrected chi connectivity index (χ4v) is 2.30. The van der Waals surface area contributed by atoms with Crippen LogP contribution in [-0.2, 0) is 0 Å². The van der Waals surface area contributed by atoms with Gasteiger partial charge in [0.05, 0.1) is 0 Å². The summed E-state index contributed by atoms with van der Waals surface area (Å²) in [5.74, 6) is 0.754. The van der Waals surface area contributed by atoms with Crippen LogP contribution in [0.3, 0.4) is 0 Å². The summed E-state index contributed by atoms with van der Waals surface area (Å²) < 4.78 is 0. The fourth-order valence-electron chi connectivity index (χ4n) is 2.30. The van der Waals surface area contributed by atoms with Crippen LogP contribution in [0.1, 0.15) is 40.0 Å². The van der Waals surface area contributed by atoms with Gasteiger partial charge in [0.15, 0.2) is 0 Å². The Labute approximate surface area is 115 Å². The molecule has 110 valence electrons. The third-order valence-electron chi connectivity index (χ3n) is 3.76. The van der Waals surface area contributed by atoms with E-state index in [4.69, 9.17) is 5.73 Å². The molecule has 0 aliphatic heterocycles. The van der Waals surface area contributed by atoms with Gasteiger partial charge in [0.2, 0.25) is 0 Å². The van der Waals surface area contributed by atoms with Gasteiger partial charge in [0.25, 0.3) is 0 Å². The quantitative estimate of drug-likeness (QED) is 0.688. The maximum atomic E-state index is 5.72. The van der Waals surface area contributed by atoms with Crippen LogP contribution in [0.25, 0.3) is 0 Å². The molecule has 18 heavy (non-hydrogen) atoms. The molecule has 3 heteroatoms. The van der Waals surface area contributed by atoms with Gasteiger partial charge in [0, 0.05) is 13.1 Å². The summed E-state index contributed by atoms with van der Waals surface area (Å²) >= 11 is 0. The van der Waals surface area contributed by atoms with Crippen molar-refractivity contribution in [3.63, 3.8) is 0 Å². The molecule has 0 fully saturated rings. The van der Waals surface area contributed by atoms with Gasteiger partial charge in [0.1, 0.15) is 0 Å². The zero-order chi connectivity index (χ0) is 14.2. The van der Waals surface area contributed by atoms with Crippen molar-refractivity contribution in [2.45, 2.75) is 40.0 Å². The van der Waals surface area contributed by atoms with E-state index in [2.05, 4.69) is 51.7 Å². The molecule has 1 atom stereocenters. The minimum atomic E-state index is 0.390. The van der Waals surface area contributed by atoms with Crippen LogP contribution in [0.4, 0.5) is 0 Å². The third-order valence-corrected chi connectivity index (χ3v) is 3.76. The van der Waals surface area contributed by atoms with Gasteiger partial charge in [-0.15, -0.1) is 0 Å². The normalized spacial score (nSPS) is 14.5. The summed E-state index contributed by atoms with van der Waals surface area (Å²) in [7, 11) is 6.48. The zero-order valence-electron chi connectivity index (χ0n) is 13.5. The molecule has 0 saturated carbocycles. The predicted molar refractivity (Wildman–Crippen MR) is 81.9 cm³/mol. The first-order valence-electron chi connectivity index (χ1n) is 7.30. The molecule has 0 aromatic heterocycles. The second kappa shape index (κ2) is 8.89. The van der Waals surface area contributed by atoms with E-state index in [1.54, 1.807) is 0 Å². The predicted octanol–water partition coefficient (Wildman–Crippen LogP) is 2.27. The average Bonchev–Trinajstić information content (AvgIpc) is 2.23. The molecule has 0 aromatic carbocycles. The second-order valence-electron chi connectivity index (χ2n) is 6.89. The highest BCUT2D eigenvalue weighted by molar-refractivity contribution is 4.74. The van der Waals surface area contributed by atoms with E-state index in [1.807, 2.05) is 0 Å². The molecule has 0 spiro atoms. The molecule has 0 amide bonds. The maximum Gasteiger partial charge on any atom is 0.0106 e. The first-order chi connectivity index (χ1) is 8.27. The van der Waals surface area contributed by atoms with Crippen LogP contribution < -0.4 is 5.73 Å². The summed E-state index contributed by atoms with van der Waals surface area (Å²) in [6, 6.07) is 0. The summed E-state index contributed by atoms with van der Waals surface area (Å²) in [5.41, 5.74) is 6.11. The Balaban J connectivity index is 3.85.